The molecule has 1 N–H and O–H groups in total. The maximum absolute atomic E-state index is 14.2. The van der Waals surface area contributed by atoms with Gasteiger partial charge in [-0.15, -0.1) is 0 Å². The predicted molar refractivity (Wildman–Crippen MR) is 110 cm³/mol. The van der Waals surface area contributed by atoms with Gasteiger partial charge >= 0.3 is 6.18 Å². The van der Waals surface area contributed by atoms with Crippen LogP contribution in [0.3, 0.4) is 0 Å². The lowest BCUT2D eigenvalue weighted by Crippen LogP contribution is -2.16. The number of oxazole rings is 1. The molecule has 4 aromatic rings. The van der Waals surface area contributed by atoms with Crippen molar-refractivity contribution in [3.8, 4) is 22.8 Å². The lowest BCUT2D eigenvalue weighted by molar-refractivity contribution is -0.137. The molecular weight excluding hydrogens is 448 g/mol. The van der Waals surface area contributed by atoms with Crippen LogP contribution in [0.25, 0.3) is 22.8 Å². The predicted octanol–water partition coefficient (Wildman–Crippen LogP) is 5.97. The molecular formula is C22H14F4N2O3S. The molecule has 0 aliphatic heterocycles. The van der Waals surface area contributed by atoms with E-state index in [9.17, 15) is 26.0 Å². The highest BCUT2D eigenvalue weighted by atomic mass is 32.2. The second-order valence-electron chi connectivity index (χ2n) is 6.68. The first-order valence-electron chi connectivity index (χ1n) is 9.16. The fourth-order valence-corrected chi connectivity index (χ4v) is 4.09. The van der Waals surface area contributed by atoms with Gasteiger partial charge in [-0.25, -0.2) is 4.39 Å². The average Bonchev–Trinajstić information content (AvgIpc) is 3.22. The zero-order chi connectivity index (χ0) is 22.9. The van der Waals surface area contributed by atoms with Gasteiger partial charge in [-0.2, -0.15) is 26.6 Å². The molecule has 4 rings (SSSR count). The Morgan fingerprint density at radius 1 is 0.844 bits per heavy atom. The fraction of sp³-hybridized carbons (Fsp3) is 0.0455. The molecule has 0 saturated carbocycles. The van der Waals surface area contributed by atoms with E-state index in [0.717, 1.165) is 0 Å². The summed E-state index contributed by atoms with van der Waals surface area (Å²) in [4.78, 5) is 4.06. The van der Waals surface area contributed by atoms with Gasteiger partial charge in [-0.1, -0.05) is 48.5 Å². The summed E-state index contributed by atoms with van der Waals surface area (Å²) in [6.07, 6.45) is -4.78. The van der Waals surface area contributed by atoms with Crippen LogP contribution in [-0.4, -0.2) is 13.4 Å². The van der Waals surface area contributed by atoms with E-state index in [-0.39, 0.29) is 11.7 Å². The third-order valence-electron chi connectivity index (χ3n) is 4.45. The number of halogens is 4. The van der Waals surface area contributed by atoms with E-state index in [4.69, 9.17) is 4.42 Å². The zero-order valence-corrected chi connectivity index (χ0v) is 16.9. The van der Waals surface area contributed by atoms with E-state index >= 15 is 0 Å². The van der Waals surface area contributed by atoms with Gasteiger partial charge in [-0.3, -0.25) is 4.72 Å². The summed E-state index contributed by atoms with van der Waals surface area (Å²) in [6, 6.07) is 18.1. The van der Waals surface area contributed by atoms with Crippen molar-refractivity contribution in [2.75, 3.05) is 4.72 Å². The summed E-state index contributed by atoms with van der Waals surface area (Å²) < 4.78 is 86.9. The number of nitrogens with one attached hydrogen (secondary N) is 1. The van der Waals surface area contributed by atoms with Crippen molar-refractivity contribution in [3.63, 3.8) is 0 Å². The van der Waals surface area contributed by atoms with Crippen LogP contribution in [0.5, 0.6) is 0 Å². The topological polar surface area (TPSA) is 72.2 Å². The minimum absolute atomic E-state index is 0.0191. The maximum atomic E-state index is 14.2. The monoisotopic (exact) mass is 462 g/mol. The van der Waals surface area contributed by atoms with Gasteiger partial charge < -0.3 is 4.42 Å². The highest BCUT2D eigenvalue weighted by Gasteiger charge is 2.33. The largest absolute Gasteiger partial charge is 0.435 e. The highest BCUT2D eigenvalue weighted by Crippen LogP contribution is 2.35. The van der Waals surface area contributed by atoms with Crippen molar-refractivity contribution < 1.29 is 30.4 Å². The van der Waals surface area contributed by atoms with Gasteiger partial charge in [0.15, 0.2) is 5.76 Å². The number of hydrogen-bond donors (Lipinski definition) is 1. The molecule has 5 nitrogen and oxygen atoms in total. The van der Waals surface area contributed by atoms with E-state index in [0.29, 0.717) is 29.3 Å². The molecule has 0 radical (unpaired) electrons. The Balaban J connectivity index is 1.82. The van der Waals surface area contributed by atoms with Crippen molar-refractivity contribution in [2.24, 2.45) is 0 Å². The van der Waals surface area contributed by atoms with Crippen molar-refractivity contribution >= 4 is 15.7 Å². The second kappa shape index (κ2) is 8.12. The van der Waals surface area contributed by atoms with Gasteiger partial charge in [0.05, 0.1) is 11.3 Å². The molecule has 0 amide bonds. The van der Waals surface area contributed by atoms with Gasteiger partial charge in [0.2, 0.25) is 10.9 Å². The van der Waals surface area contributed by atoms with Crippen molar-refractivity contribution in [2.45, 2.75) is 11.2 Å². The first-order valence-corrected chi connectivity index (χ1v) is 10.6. The lowest BCUT2D eigenvalue weighted by atomic mass is 10.2. The molecule has 0 spiro atoms. The molecule has 32 heavy (non-hydrogen) atoms. The number of nitrogens with zero attached hydrogens (tertiary/aromatic N) is 1. The van der Waals surface area contributed by atoms with E-state index in [1.54, 1.807) is 60.7 Å². The Morgan fingerprint density at radius 2 is 1.44 bits per heavy atom. The molecule has 0 fully saturated rings. The van der Waals surface area contributed by atoms with Gasteiger partial charge in [0.1, 0.15) is 5.82 Å². The van der Waals surface area contributed by atoms with Gasteiger partial charge in [0.25, 0.3) is 10.0 Å². The van der Waals surface area contributed by atoms with Crippen LogP contribution in [0.1, 0.15) is 5.56 Å². The molecule has 0 bridgehead atoms. The van der Waals surface area contributed by atoms with Crippen molar-refractivity contribution in [1.82, 2.24) is 4.98 Å². The quantitative estimate of drug-likeness (QED) is 0.371. The molecule has 3 aromatic carbocycles. The molecule has 0 unspecified atom stereocenters. The average molecular weight is 462 g/mol. The molecule has 1 aromatic heterocycles. The Labute approximate surface area is 180 Å². The van der Waals surface area contributed by atoms with Crippen LogP contribution in [0, 0.1) is 5.82 Å². The molecule has 1 heterocycles. The van der Waals surface area contributed by atoms with E-state index in [2.05, 4.69) is 4.98 Å². The van der Waals surface area contributed by atoms with Crippen LogP contribution in [0.4, 0.5) is 23.2 Å². The Hall–Kier alpha value is -3.66. The lowest BCUT2D eigenvalue weighted by Gasteiger charge is -2.11. The summed E-state index contributed by atoms with van der Waals surface area (Å²) in [5.41, 5.74) is -1.21. The zero-order valence-electron chi connectivity index (χ0n) is 16.1. The summed E-state index contributed by atoms with van der Waals surface area (Å²) in [5.74, 6) is -1.33. The third-order valence-corrected chi connectivity index (χ3v) is 5.72. The number of benzene rings is 3. The summed E-state index contributed by atoms with van der Waals surface area (Å²) >= 11 is 0. The fourth-order valence-electron chi connectivity index (χ4n) is 2.94. The normalized spacial score (nSPS) is 12.0. The molecule has 0 saturated heterocycles. The van der Waals surface area contributed by atoms with Crippen molar-refractivity contribution in [3.05, 3.63) is 90.2 Å². The smallest absolute Gasteiger partial charge is 0.416 e. The number of alkyl halides is 3. The van der Waals surface area contributed by atoms with Crippen molar-refractivity contribution in [1.29, 1.82) is 0 Å². The molecule has 10 heteroatoms. The number of rotatable bonds is 5. The molecule has 0 aliphatic rings. The first kappa shape index (κ1) is 21.6. The third kappa shape index (κ3) is 4.35. The second-order valence-corrected chi connectivity index (χ2v) is 8.28. The highest BCUT2D eigenvalue weighted by molar-refractivity contribution is 7.92. The summed E-state index contributed by atoms with van der Waals surface area (Å²) in [7, 11) is -4.63. The van der Waals surface area contributed by atoms with E-state index in [1.807, 2.05) is 4.72 Å². The Kier molecular flexibility index (Phi) is 5.47. The maximum Gasteiger partial charge on any atom is 0.416 e. The van der Waals surface area contributed by atoms with Crippen LogP contribution >= 0.6 is 0 Å². The van der Waals surface area contributed by atoms with Gasteiger partial charge in [0, 0.05) is 11.1 Å². The molecule has 0 aliphatic carbocycles. The van der Waals surface area contributed by atoms with Crippen LogP contribution in [0.2, 0.25) is 0 Å². The SMILES string of the molecule is O=S(=O)(Nc1cc(C(F)(F)F)ccc1F)c1nc(-c2ccccc2)oc1-c1ccccc1. The van der Waals surface area contributed by atoms with Crippen LogP contribution in [-0.2, 0) is 16.2 Å². The van der Waals surface area contributed by atoms with Crippen LogP contribution in [0.15, 0.2) is 88.3 Å². The standard InChI is InChI=1S/C22H14F4N2O3S/c23-17-12-11-16(22(24,25)26)13-18(17)28-32(29,30)21-19(14-7-3-1-4-8-14)31-20(27-21)15-9-5-2-6-10-15/h1-13,28H. The van der Waals surface area contributed by atoms with Crippen LogP contribution < -0.4 is 4.72 Å². The molecule has 0 atom stereocenters. The minimum atomic E-state index is -4.78. The molecule has 164 valence electrons. The first-order chi connectivity index (χ1) is 15.1. The van der Waals surface area contributed by atoms with E-state index < -0.39 is 38.3 Å². The number of anilines is 1. The van der Waals surface area contributed by atoms with E-state index in [1.165, 1.54) is 0 Å². The van der Waals surface area contributed by atoms with Gasteiger partial charge in [-0.05, 0) is 30.3 Å². The summed E-state index contributed by atoms with van der Waals surface area (Å²) in [6.45, 7) is 0. The number of sulfonamides is 1. The number of hydrogen-bond acceptors (Lipinski definition) is 4. The Morgan fingerprint density at radius 3 is 2.03 bits per heavy atom. The summed E-state index contributed by atoms with van der Waals surface area (Å²) in [5, 5.41) is -0.584. The Bertz CT molecular complexity index is 1350. The number of aromatic nitrogens is 1. The minimum Gasteiger partial charge on any atom is -0.435 e.